The van der Waals surface area contributed by atoms with Crippen LogP contribution < -0.4 is 14.8 Å². The van der Waals surface area contributed by atoms with Gasteiger partial charge in [0.25, 0.3) is 5.91 Å². The predicted octanol–water partition coefficient (Wildman–Crippen LogP) is 5.11. The van der Waals surface area contributed by atoms with E-state index in [0.717, 1.165) is 28.8 Å². The van der Waals surface area contributed by atoms with Crippen molar-refractivity contribution in [3.63, 3.8) is 0 Å². The first-order valence-electron chi connectivity index (χ1n) is 9.06. The Morgan fingerprint density at radius 1 is 1.00 bits per heavy atom. The summed E-state index contributed by atoms with van der Waals surface area (Å²) in [6.45, 7) is 3.63. The molecule has 142 valence electrons. The zero-order valence-electron chi connectivity index (χ0n) is 15.9. The number of para-hydroxylation sites is 1. The van der Waals surface area contributed by atoms with Gasteiger partial charge in [0, 0.05) is 11.3 Å². The highest BCUT2D eigenvalue weighted by Gasteiger charge is 2.11. The van der Waals surface area contributed by atoms with Crippen LogP contribution in [0.25, 0.3) is 11.1 Å². The van der Waals surface area contributed by atoms with Crippen molar-refractivity contribution in [2.75, 3.05) is 19.0 Å². The number of carbonyl (C=O) groups excluding carboxylic acids is 1. The van der Waals surface area contributed by atoms with Crippen molar-refractivity contribution >= 4 is 11.6 Å². The number of carbonyl (C=O) groups is 1. The van der Waals surface area contributed by atoms with Crippen LogP contribution in [-0.4, -0.2) is 19.6 Å². The van der Waals surface area contributed by atoms with Crippen LogP contribution in [0.5, 0.6) is 11.5 Å². The van der Waals surface area contributed by atoms with Crippen molar-refractivity contribution in [1.82, 2.24) is 0 Å². The summed E-state index contributed by atoms with van der Waals surface area (Å²) < 4.78 is 11.0. The van der Waals surface area contributed by atoms with Crippen molar-refractivity contribution in [2.24, 2.45) is 0 Å². The molecule has 4 heteroatoms. The minimum absolute atomic E-state index is 0.111. The van der Waals surface area contributed by atoms with Gasteiger partial charge in [-0.3, -0.25) is 4.79 Å². The summed E-state index contributed by atoms with van der Waals surface area (Å²) in [7, 11) is 1.58. The van der Waals surface area contributed by atoms with Gasteiger partial charge in [0.2, 0.25) is 0 Å². The van der Waals surface area contributed by atoms with E-state index in [1.807, 2.05) is 78.9 Å². The molecule has 0 aromatic heterocycles. The average molecular weight is 373 g/mol. The third-order valence-corrected chi connectivity index (χ3v) is 4.25. The minimum atomic E-state index is -0.236. The Morgan fingerprint density at radius 3 is 2.50 bits per heavy atom. The van der Waals surface area contributed by atoms with Crippen LogP contribution in [-0.2, 0) is 11.2 Å². The van der Waals surface area contributed by atoms with Crippen molar-refractivity contribution in [1.29, 1.82) is 0 Å². The lowest BCUT2D eigenvalue weighted by Gasteiger charge is -2.14. The molecular formula is C24H23NO3. The summed E-state index contributed by atoms with van der Waals surface area (Å²) in [5.74, 6) is 0.888. The lowest BCUT2D eigenvalue weighted by Crippen LogP contribution is -2.20. The van der Waals surface area contributed by atoms with Crippen LogP contribution >= 0.6 is 0 Å². The van der Waals surface area contributed by atoms with Gasteiger partial charge >= 0.3 is 0 Å². The Hall–Kier alpha value is -3.53. The third-order valence-electron chi connectivity index (χ3n) is 4.25. The van der Waals surface area contributed by atoms with E-state index in [4.69, 9.17) is 9.47 Å². The normalized spacial score (nSPS) is 10.2. The van der Waals surface area contributed by atoms with E-state index in [-0.39, 0.29) is 12.5 Å². The summed E-state index contributed by atoms with van der Waals surface area (Å²) in [6.07, 6.45) is 2.57. The summed E-state index contributed by atoms with van der Waals surface area (Å²) in [6, 6.07) is 23.3. The summed E-state index contributed by atoms with van der Waals surface area (Å²) >= 11 is 0. The molecule has 0 saturated carbocycles. The summed E-state index contributed by atoms with van der Waals surface area (Å²) in [5.41, 5.74) is 3.82. The molecule has 0 radical (unpaired) electrons. The molecule has 0 spiro atoms. The van der Waals surface area contributed by atoms with Gasteiger partial charge in [-0.2, -0.15) is 0 Å². The molecule has 0 fully saturated rings. The highest BCUT2D eigenvalue weighted by atomic mass is 16.5. The van der Waals surface area contributed by atoms with Crippen LogP contribution in [0.3, 0.4) is 0 Å². The number of hydrogen-bond donors (Lipinski definition) is 1. The number of rotatable bonds is 8. The second kappa shape index (κ2) is 9.42. The topological polar surface area (TPSA) is 47.6 Å². The van der Waals surface area contributed by atoms with E-state index in [1.54, 1.807) is 7.11 Å². The van der Waals surface area contributed by atoms with E-state index in [1.165, 1.54) is 0 Å². The first-order chi connectivity index (χ1) is 13.7. The van der Waals surface area contributed by atoms with Crippen molar-refractivity contribution in [2.45, 2.75) is 6.42 Å². The largest absolute Gasteiger partial charge is 0.493 e. The molecule has 0 bridgehead atoms. The maximum absolute atomic E-state index is 12.4. The summed E-state index contributed by atoms with van der Waals surface area (Å²) in [5, 5.41) is 2.93. The first-order valence-corrected chi connectivity index (χ1v) is 9.06. The molecule has 0 aliphatic carbocycles. The van der Waals surface area contributed by atoms with Gasteiger partial charge in [-0.1, -0.05) is 60.7 Å². The summed E-state index contributed by atoms with van der Waals surface area (Å²) in [4.78, 5) is 12.4. The fraction of sp³-hybridized carbons (Fsp3) is 0.125. The van der Waals surface area contributed by atoms with Gasteiger partial charge < -0.3 is 14.8 Å². The minimum Gasteiger partial charge on any atom is -0.493 e. The average Bonchev–Trinajstić information content (AvgIpc) is 2.74. The van der Waals surface area contributed by atoms with Gasteiger partial charge in [0.15, 0.2) is 18.1 Å². The molecule has 0 aliphatic rings. The van der Waals surface area contributed by atoms with Gasteiger partial charge in [0.05, 0.1) is 7.11 Å². The standard InChI is InChI=1S/C24H23NO3/c1-3-9-18-14-15-22(23(16-18)27-2)28-17-24(26)25-21-13-8-7-12-20(21)19-10-5-4-6-11-19/h3-8,10-16H,1,9,17H2,2H3,(H,25,26). The fourth-order valence-corrected chi connectivity index (χ4v) is 2.92. The lowest BCUT2D eigenvalue weighted by atomic mass is 10.0. The molecule has 0 saturated heterocycles. The predicted molar refractivity (Wildman–Crippen MR) is 113 cm³/mol. The van der Waals surface area contributed by atoms with Gasteiger partial charge in [-0.25, -0.2) is 0 Å². The molecule has 1 amide bonds. The third kappa shape index (κ3) is 4.80. The Morgan fingerprint density at radius 2 is 1.75 bits per heavy atom. The highest BCUT2D eigenvalue weighted by molar-refractivity contribution is 5.96. The van der Waals surface area contributed by atoms with Crippen LogP contribution in [0.1, 0.15) is 5.56 Å². The Balaban J connectivity index is 1.68. The second-order valence-corrected chi connectivity index (χ2v) is 6.23. The van der Waals surface area contributed by atoms with Gasteiger partial charge in [0.1, 0.15) is 0 Å². The number of amides is 1. The van der Waals surface area contributed by atoms with Crippen LogP contribution in [0.15, 0.2) is 85.5 Å². The van der Waals surface area contributed by atoms with Crippen molar-refractivity contribution in [3.8, 4) is 22.6 Å². The number of nitrogens with one attached hydrogen (secondary N) is 1. The van der Waals surface area contributed by atoms with E-state index in [2.05, 4.69) is 11.9 Å². The van der Waals surface area contributed by atoms with Crippen LogP contribution in [0.4, 0.5) is 5.69 Å². The Labute approximate surface area is 165 Å². The molecule has 1 N–H and O–H groups in total. The number of ether oxygens (including phenoxy) is 2. The van der Waals surface area contributed by atoms with Gasteiger partial charge in [-0.15, -0.1) is 6.58 Å². The molecular weight excluding hydrogens is 350 g/mol. The maximum Gasteiger partial charge on any atom is 0.262 e. The molecule has 0 atom stereocenters. The molecule has 3 aromatic carbocycles. The number of hydrogen-bond acceptors (Lipinski definition) is 3. The SMILES string of the molecule is C=CCc1ccc(OCC(=O)Nc2ccccc2-c2ccccc2)c(OC)c1. The van der Waals surface area contributed by atoms with Crippen LogP contribution in [0.2, 0.25) is 0 Å². The monoisotopic (exact) mass is 373 g/mol. The van der Waals surface area contributed by atoms with Crippen LogP contribution in [0, 0.1) is 0 Å². The number of methoxy groups -OCH3 is 1. The van der Waals surface area contributed by atoms with Crippen molar-refractivity contribution in [3.05, 3.63) is 91.0 Å². The zero-order valence-corrected chi connectivity index (χ0v) is 15.9. The Kier molecular flexibility index (Phi) is 6.47. The smallest absolute Gasteiger partial charge is 0.262 e. The first kappa shape index (κ1) is 19.2. The van der Waals surface area contributed by atoms with E-state index in [9.17, 15) is 4.79 Å². The Bertz CT molecular complexity index is 951. The van der Waals surface area contributed by atoms with Crippen molar-refractivity contribution < 1.29 is 14.3 Å². The van der Waals surface area contributed by atoms with Gasteiger partial charge in [-0.05, 0) is 35.7 Å². The lowest BCUT2D eigenvalue weighted by molar-refractivity contribution is -0.118. The molecule has 3 aromatic rings. The van der Waals surface area contributed by atoms with E-state index in [0.29, 0.717) is 11.5 Å². The molecule has 4 nitrogen and oxygen atoms in total. The number of benzene rings is 3. The highest BCUT2D eigenvalue weighted by Crippen LogP contribution is 2.29. The molecule has 28 heavy (non-hydrogen) atoms. The number of allylic oxidation sites excluding steroid dienone is 1. The molecule has 0 unspecified atom stereocenters. The fourth-order valence-electron chi connectivity index (χ4n) is 2.92. The quantitative estimate of drug-likeness (QED) is 0.558. The van der Waals surface area contributed by atoms with E-state index < -0.39 is 0 Å². The maximum atomic E-state index is 12.4. The molecule has 0 heterocycles. The van der Waals surface area contributed by atoms with E-state index >= 15 is 0 Å². The zero-order chi connectivity index (χ0) is 19.8. The second-order valence-electron chi connectivity index (χ2n) is 6.23. The molecule has 3 rings (SSSR count). The molecule has 0 aliphatic heterocycles. The number of anilines is 1.